The van der Waals surface area contributed by atoms with Gasteiger partial charge in [0.1, 0.15) is 0 Å². The zero-order valence-electron chi connectivity index (χ0n) is 7.91. The second-order valence-electron chi connectivity index (χ2n) is 2.94. The zero-order valence-corrected chi connectivity index (χ0v) is 7.91. The van der Waals surface area contributed by atoms with Crippen LogP contribution >= 0.6 is 0 Å². The summed E-state index contributed by atoms with van der Waals surface area (Å²) in [4.78, 5) is 14.7. The molecule has 0 saturated heterocycles. The van der Waals surface area contributed by atoms with Gasteiger partial charge in [-0.05, 0) is 12.8 Å². The number of nitrogens with zero attached hydrogens (tertiary/aromatic N) is 1. The Kier molecular flexibility index (Phi) is 3.06. The summed E-state index contributed by atoms with van der Waals surface area (Å²) in [7, 11) is 0. The molecule has 0 radical (unpaired) electrons. The highest BCUT2D eigenvalue weighted by Crippen LogP contribution is 2.21. The van der Waals surface area contributed by atoms with Crippen LogP contribution in [0.5, 0.6) is 0 Å². The Morgan fingerprint density at radius 1 is 1.62 bits per heavy atom. The lowest BCUT2D eigenvalue weighted by Crippen LogP contribution is -2.09. The normalized spacial score (nSPS) is 10.7. The van der Waals surface area contributed by atoms with Crippen LogP contribution in [-0.2, 0) is 0 Å². The highest BCUT2D eigenvalue weighted by molar-refractivity contribution is 5.89. The zero-order chi connectivity index (χ0) is 9.84. The van der Waals surface area contributed by atoms with E-state index < -0.39 is 5.91 Å². The topological polar surface area (TPSA) is 69.1 Å². The van der Waals surface area contributed by atoms with E-state index in [0.29, 0.717) is 5.89 Å². The summed E-state index contributed by atoms with van der Waals surface area (Å²) in [5, 5.41) is 0. The van der Waals surface area contributed by atoms with E-state index in [1.807, 2.05) is 0 Å². The number of carbonyl (C=O) groups is 1. The molecular weight excluding hydrogens is 168 g/mol. The maximum Gasteiger partial charge on any atom is 0.286 e. The lowest BCUT2D eigenvalue weighted by atomic mass is 10.0. The molecule has 0 saturated carbocycles. The standard InChI is InChI=1S/C9H14N2O2/c1-3-6(4-2)9-11-5-7(13-9)8(10)12/h5-6H,3-4H2,1-2H3,(H2,10,12). The third kappa shape index (κ3) is 2.08. The van der Waals surface area contributed by atoms with E-state index in [0.717, 1.165) is 12.8 Å². The third-order valence-corrected chi connectivity index (χ3v) is 2.10. The first-order valence-electron chi connectivity index (χ1n) is 4.44. The predicted molar refractivity (Wildman–Crippen MR) is 48.3 cm³/mol. The first-order chi connectivity index (χ1) is 6.19. The number of hydrogen-bond donors (Lipinski definition) is 1. The third-order valence-electron chi connectivity index (χ3n) is 2.10. The SMILES string of the molecule is CCC(CC)c1ncc(C(N)=O)o1. The lowest BCUT2D eigenvalue weighted by molar-refractivity contribution is 0.0971. The van der Waals surface area contributed by atoms with Gasteiger partial charge in [0.25, 0.3) is 5.91 Å². The van der Waals surface area contributed by atoms with Gasteiger partial charge in [-0.15, -0.1) is 0 Å². The van der Waals surface area contributed by atoms with Crippen LogP contribution in [0, 0.1) is 0 Å². The minimum Gasteiger partial charge on any atom is -0.435 e. The molecule has 0 unspecified atom stereocenters. The van der Waals surface area contributed by atoms with Crippen LogP contribution in [0.15, 0.2) is 10.6 Å². The number of aromatic nitrogens is 1. The molecule has 0 atom stereocenters. The fraction of sp³-hybridized carbons (Fsp3) is 0.556. The van der Waals surface area contributed by atoms with Crippen molar-refractivity contribution in [3.8, 4) is 0 Å². The molecule has 0 aliphatic rings. The van der Waals surface area contributed by atoms with Crippen molar-refractivity contribution in [3.05, 3.63) is 17.8 Å². The predicted octanol–water partition coefficient (Wildman–Crippen LogP) is 1.68. The molecule has 0 spiro atoms. The Bertz CT molecular complexity index is 290. The average Bonchev–Trinajstić information content (AvgIpc) is 2.56. The van der Waals surface area contributed by atoms with Crippen molar-refractivity contribution in [2.75, 3.05) is 0 Å². The van der Waals surface area contributed by atoms with E-state index in [4.69, 9.17) is 10.2 Å². The number of oxazole rings is 1. The lowest BCUT2D eigenvalue weighted by Gasteiger charge is -2.05. The Hall–Kier alpha value is -1.32. The van der Waals surface area contributed by atoms with Crippen molar-refractivity contribution in [1.29, 1.82) is 0 Å². The quantitative estimate of drug-likeness (QED) is 0.770. The van der Waals surface area contributed by atoms with Crippen LogP contribution in [0.25, 0.3) is 0 Å². The van der Waals surface area contributed by atoms with Gasteiger partial charge < -0.3 is 10.2 Å². The molecule has 13 heavy (non-hydrogen) atoms. The monoisotopic (exact) mass is 182 g/mol. The Morgan fingerprint density at radius 2 is 2.23 bits per heavy atom. The maximum absolute atomic E-state index is 10.7. The second kappa shape index (κ2) is 4.07. The number of hydrogen-bond acceptors (Lipinski definition) is 3. The van der Waals surface area contributed by atoms with Crippen LogP contribution in [0.4, 0.5) is 0 Å². The van der Waals surface area contributed by atoms with E-state index in [1.165, 1.54) is 6.20 Å². The van der Waals surface area contributed by atoms with Gasteiger partial charge in [0.2, 0.25) is 5.76 Å². The molecule has 0 aliphatic heterocycles. The van der Waals surface area contributed by atoms with Crippen molar-refractivity contribution in [2.24, 2.45) is 5.73 Å². The van der Waals surface area contributed by atoms with Crippen molar-refractivity contribution >= 4 is 5.91 Å². The second-order valence-corrected chi connectivity index (χ2v) is 2.94. The van der Waals surface area contributed by atoms with E-state index in [-0.39, 0.29) is 11.7 Å². The summed E-state index contributed by atoms with van der Waals surface area (Å²) in [6.45, 7) is 4.12. The number of nitrogens with two attached hydrogens (primary N) is 1. The van der Waals surface area contributed by atoms with Crippen LogP contribution < -0.4 is 5.73 Å². The Labute approximate surface area is 77.1 Å². The Morgan fingerprint density at radius 3 is 2.62 bits per heavy atom. The van der Waals surface area contributed by atoms with E-state index in [9.17, 15) is 4.79 Å². The fourth-order valence-electron chi connectivity index (χ4n) is 1.23. The fourth-order valence-corrected chi connectivity index (χ4v) is 1.23. The maximum atomic E-state index is 10.7. The molecule has 4 nitrogen and oxygen atoms in total. The summed E-state index contributed by atoms with van der Waals surface area (Å²) in [6.07, 6.45) is 3.29. The molecule has 0 aromatic carbocycles. The summed E-state index contributed by atoms with van der Waals surface area (Å²) in [6, 6.07) is 0. The summed E-state index contributed by atoms with van der Waals surface area (Å²) in [5.74, 6) is 0.471. The van der Waals surface area contributed by atoms with Gasteiger partial charge >= 0.3 is 0 Å². The van der Waals surface area contributed by atoms with Crippen LogP contribution in [0.2, 0.25) is 0 Å². The van der Waals surface area contributed by atoms with Gasteiger partial charge in [-0.1, -0.05) is 13.8 Å². The first kappa shape index (κ1) is 9.77. The van der Waals surface area contributed by atoms with Gasteiger partial charge in [0.15, 0.2) is 5.89 Å². The van der Waals surface area contributed by atoms with Gasteiger partial charge in [-0.3, -0.25) is 4.79 Å². The van der Waals surface area contributed by atoms with Gasteiger partial charge in [0.05, 0.1) is 6.20 Å². The number of primary amides is 1. The molecular formula is C9H14N2O2. The molecule has 1 amide bonds. The molecule has 0 fully saturated rings. The minimum absolute atomic E-state index is 0.141. The Balaban J connectivity index is 2.84. The minimum atomic E-state index is -0.565. The number of amides is 1. The van der Waals surface area contributed by atoms with E-state index in [1.54, 1.807) is 0 Å². The van der Waals surface area contributed by atoms with Crippen LogP contribution in [0.1, 0.15) is 49.1 Å². The first-order valence-corrected chi connectivity index (χ1v) is 4.44. The van der Waals surface area contributed by atoms with Crippen molar-refractivity contribution in [2.45, 2.75) is 32.6 Å². The summed E-state index contributed by atoms with van der Waals surface area (Å²) < 4.78 is 5.20. The van der Waals surface area contributed by atoms with Crippen LogP contribution in [0.3, 0.4) is 0 Å². The van der Waals surface area contributed by atoms with Gasteiger partial charge in [-0.25, -0.2) is 4.98 Å². The van der Waals surface area contributed by atoms with Crippen LogP contribution in [-0.4, -0.2) is 10.9 Å². The largest absolute Gasteiger partial charge is 0.435 e. The molecule has 1 aromatic heterocycles. The summed E-state index contributed by atoms with van der Waals surface area (Å²) >= 11 is 0. The average molecular weight is 182 g/mol. The molecule has 4 heteroatoms. The van der Waals surface area contributed by atoms with Gasteiger partial charge in [0, 0.05) is 5.92 Å². The molecule has 0 bridgehead atoms. The molecule has 1 heterocycles. The molecule has 72 valence electrons. The van der Waals surface area contributed by atoms with E-state index >= 15 is 0 Å². The van der Waals surface area contributed by atoms with Crippen molar-refractivity contribution < 1.29 is 9.21 Å². The molecule has 1 aromatic rings. The number of rotatable bonds is 4. The van der Waals surface area contributed by atoms with E-state index in [2.05, 4.69) is 18.8 Å². The number of carbonyl (C=O) groups excluding carboxylic acids is 1. The van der Waals surface area contributed by atoms with Crippen molar-refractivity contribution in [3.63, 3.8) is 0 Å². The highest BCUT2D eigenvalue weighted by atomic mass is 16.4. The highest BCUT2D eigenvalue weighted by Gasteiger charge is 2.15. The smallest absolute Gasteiger partial charge is 0.286 e. The molecule has 1 rings (SSSR count). The van der Waals surface area contributed by atoms with Gasteiger partial charge in [-0.2, -0.15) is 0 Å². The molecule has 2 N–H and O–H groups in total. The van der Waals surface area contributed by atoms with Crippen molar-refractivity contribution in [1.82, 2.24) is 4.98 Å². The molecule has 0 aliphatic carbocycles. The summed E-state index contributed by atoms with van der Waals surface area (Å²) in [5.41, 5.74) is 5.04.